The summed E-state index contributed by atoms with van der Waals surface area (Å²) in [6.45, 7) is 15.4. The van der Waals surface area contributed by atoms with E-state index in [1.807, 2.05) is 0 Å². The maximum absolute atomic E-state index is 11.6. The Morgan fingerprint density at radius 3 is 2.39 bits per heavy atom. The van der Waals surface area contributed by atoms with Crippen LogP contribution in [0.25, 0.3) is 0 Å². The minimum Gasteiger partial charge on any atom is -0.393 e. The summed E-state index contributed by atoms with van der Waals surface area (Å²) in [6, 6.07) is 0. The number of allylic oxidation sites excluding steroid dienone is 1. The molecule has 2 aliphatic heterocycles. The Labute approximate surface area is 200 Å². The second-order valence-electron chi connectivity index (χ2n) is 14.3. The Morgan fingerprint density at radius 1 is 0.909 bits per heavy atom. The fourth-order valence-electron chi connectivity index (χ4n) is 11.1. The molecule has 0 aromatic heterocycles. The number of rotatable bonds is 1. The van der Waals surface area contributed by atoms with Crippen LogP contribution in [0.15, 0.2) is 11.6 Å². The molecule has 6 fully saturated rings. The van der Waals surface area contributed by atoms with Crippen molar-refractivity contribution in [2.75, 3.05) is 13.2 Å². The van der Waals surface area contributed by atoms with Gasteiger partial charge in [0.2, 0.25) is 0 Å². The largest absolute Gasteiger partial charge is 0.393 e. The predicted octanol–water partition coefficient (Wildman–Crippen LogP) is 5.32. The fraction of sp³-hybridized carbons (Fsp3) is 0.931. The van der Waals surface area contributed by atoms with E-state index in [2.05, 4.69) is 47.6 Å². The maximum Gasteiger partial charge on any atom is 0.174 e. The van der Waals surface area contributed by atoms with E-state index in [1.54, 1.807) is 0 Å². The number of hydrogen-bond donors (Lipinski definition) is 2. The first-order chi connectivity index (χ1) is 15.4. The summed E-state index contributed by atoms with van der Waals surface area (Å²) in [5, 5.41) is 22.5. The lowest BCUT2D eigenvalue weighted by Gasteiger charge is -2.70. The number of fused-ring (bicyclic) bond motifs is 4. The highest BCUT2D eigenvalue weighted by Crippen LogP contribution is 2.79. The molecule has 2 N–H and O–H groups in total. The van der Waals surface area contributed by atoms with E-state index in [0.29, 0.717) is 24.4 Å². The zero-order chi connectivity index (χ0) is 23.6. The van der Waals surface area contributed by atoms with Crippen LogP contribution in [0.4, 0.5) is 0 Å². The number of aliphatic hydroxyl groups is 2. The average molecular weight is 459 g/mol. The molecule has 0 aromatic rings. The van der Waals surface area contributed by atoms with E-state index in [-0.39, 0.29) is 45.7 Å². The van der Waals surface area contributed by atoms with Gasteiger partial charge in [0, 0.05) is 23.7 Å². The molecule has 186 valence electrons. The topological polar surface area (TPSA) is 58.9 Å². The van der Waals surface area contributed by atoms with Gasteiger partial charge in [0.15, 0.2) is 5.79 Å². The smallest absolute Gasteiger partial charge is 0.174 e. The quantitative estimate of drug-likeness (QED) is 0.522. The van der Waals surface area contributed by atoms with Crippen molar-refractivity contribution >= 4 is 0 Å². The van der Waals surface area contributed by atoms with Gasteiger partial charge in [-0.2, -0.15) is 0 Å². The van der Waals surface area contributed by atoms with Gasteiger partial charge in [-0.3, -0.25) is 0 Å². The van der Waals surface area contributed by atoms with Crippen molar-refractivity contribution in [2.24, 2.45) is 51.2 Å². The van der Waals surface area contributed by atoms with Gasteiger partial charge in [0.25, 0.3) is 0 Å². The van der Waals surface area contributed by atoms with Gasteiger partial charge in [-0.05, 0) is 86.4 Å². The summed E-state index contributed by atoms with van der Waals surface area (Å²) >= 11 is 0. The van der Waals surface area contributed by atoms with Crippen LogP contribution in [-0.2, 0) is 9.47 Å². The van der Waals surface area contributed by atoms with Gasteiger partial charge in [-0.15, -0.1) is 0 Å². The van der Waals surface area contributed by atoms with Crippen LogP contribution in [0, 0.1) is 51.2 Å². The Bertz CT molecular complexity index is 862. The molecule has 2 bridgehead atoms. The second kappa shape index (κ2) is 6.87. The molecule has 5 unspecified atom stereocenters. The number of ether oxygens (including phenoxy) is 2. The van der Waals surface area contributed by atoms with E-state index in [1.165, 1.54) is 31.3 Å². The number of hydrogen-bond acceptors (Lipinski definition) is 4. The lowest BCUT2D eigenvalue weighted by molar-refractivity contribution is -0.318. The molecular formula is C29H46O4. The molecule has 4 nitrogen and oxygen atoms in total. The Balaban J connectivity index is 1.39. The molecular weight excluding hydrogens is 412 g/mol. The first-order valence-electron chi connectivity index (χ1n) is 13.7. The van der Waals surface area contributed by atoms with Crippen LogP contribution in [0.2, 0.25) is 0 Å². The van der Waals surface area contributed by atoms with Crippen molar-refractivity contribution in [3.8, 4) is 0 Å². The van der Waals surface area contributed by atoms with Crippen LogP contribution < -0.4 is 0 Å². The Hall–Kier alpha value is -0.420. The first kappa shape index (κ1) is 23.0. The van der Waals surface area contributed by atoms with Gasteiger partial charge < -0.3 is 19.7 Å². The van der Waals surface area contributed by atoms with E-state index in [9.17, 15) is 10.2 Å². The van der Waals surface area contributed by atoms with Crippen molar-refractivity contribution in [1.29, 1.82) is 0 Å². The summed E-state index contributed by atoms with van der Waals surface area (Å²) < 4.78 is 13.2. The van der Waals surface area contributed by atoms with Gasteiger partial charge in [0.05, 0.1) is 25.4 Å². The van der Waals surface area contributed by atoms with Gasteiger partial charge in [-0.25, -0.2) is 0 Å². The Morgan fingerprint density at radius 2 is 1.67 bits per heavy atom. The molecule has 6 aliphatic rings. The molecule has 4 saturated carbocycles. The zero-order valence-electron chi connectivity index (χ0n) is 21.7. The van der Waals surface area contributed by atoms with Crippen LogP contribution in [0.5, 0.6) is 0 Å². The van der Waals surface area contributed by atoms with Crippen molar-refractivity contribution in [3.63, 3.8) is 0 Å². The third-order valence-corrected chi connectivity index (χ3v) is 12.6. The van der Waals surface area contributed by atoms with Gasteiger partial charge >= 0.3 is 0 Å². The van der Waals surface area contributed by atoms with Crippen molar-refractivity contribution in [3.05, 3.63) is 11.6 Å². The highest BCUT2D eigenvalue weighted by Gasteiger charge is 2.79. The fourth-order valence-corrected chi connectivity index (χ4v) is 11.1. The average Bonchev–Trinajstić information content (AvgIpc) is 3.26. The van der Waals surface area contributed by atoms with Gasteiger partial charge in [-0.1, -0.05) is 39.3 Å². The predicted molar refractivity (Wildman–Crippen MR) is 128 cm³/mol. The van der Waals surface area contributed by atoms with Gasteiger partial charge in [0.1, 0.15) is 0 Å². The van der Waals surface area contributed by atoms with Crippen LogP contribution in [-0.4, -0.2) is 41.4 Å². The molecule has 4 heteroatoms. The van der Waals surface area contributed by atoms with Crippen molar-refractivity contribution in [1.82, 2.24) is 0 Å². The molecule has 2 saturated heterocycles. The Kier molecular flexibility index (Phi) is 4.79. The highest BCUT2D eigenvalue weighted by atomic mass is 16.7. The number of aliphatic hydroxyl groups excluding tert-OH is 2. The monoisotopic (exact) mass is 458 g/mol. The molecule has 11 atom stereocenters. The third kappa shape index (κ3) is 2.63. The minimum absolute atomic E-state index is 0.0171. The maximum atomic E-state index is 11.6. The summed E-state index contributed by atoms with van der Waals surface area (Å²) in [7, 11) is 0. The van der Waals surface area contributed by atoms with E-state index >= 15 is 0 Å². The van der Waals surface area contributed by atoms with E-state index in [4.69, 9.17) is 9.47 Å². The molecule has 33 heavy (non-hydrogen) atoms. The molecule has 0 amide bonds. The summed E-state index contributed by atoms with van der Waals surface area (Å²) in [6.07, 6.45) is 9.53. The standard InChI is InChI=1S/C29H46O4/c1-17(2)13-18-14-32-29-15-28(16-33-29)19(23(29)24(18)31)7-8-21-26(5)11-10-22(30)25(3,4)20(26)9-12-27(21,28)6/h13,18-24,30-31H,7-12,14-16H2,1-6H3/t18-,19?,20?,21?,22?,23?,24+,26+,27-,28+,29-/m1/s1. The lowest BCUT2D eigenvalue weighted by atomic mass is 9.35. The second-order valence-corrected chi connectivity index (χ2v) is 14.3. The SMILES string of the molecule is CC(C)=C[C@@H]1CO[C@]23C[C@]4(CO2)C(CCC2[C@@]5(C)CCC(O)C(C)(C)C5CC[C@]24C)C3[C@H]1O. The molecule has 4 aliphatic carbocycles. The molecule has 0 radical (unpaired) electrons. The summed E-state index contributed by atoms with van der Waals surface area (Å²) in [5.74, 6) is 1.30. The molecule has 2 heterocycles. The first-order valence-corrected chi connectivity index (χ1v) is 13.7. The van der Waals surface area contributed by atoms with Crippen LogP contribution >= 0.6 is 0 Å². The van der Waals surface area contributed by atoms with E-state index < -0.39 is 5.79 Å². The third-order valence-electron chi connectivity index (χ3n) is 12.6. The molecule has 6 rings (SSSR count). The van der Waals surface area contributed by atoms with Crippen LogP contribution in [0.3, 0.4) is 0 Å². The van der Waals surface area contributed by atoms with Crippen molar-refractivity contribution < 1.29 is 19.7 Å². The normalized spacial score (nSPS) is 58.6. The van der Waals surface area contributed by atoms with Crippen LogP contribution in [0.1, 0.15) is 86.5 Å². The molecule has 2 spiro atoms. The summed E-state index contributed by atoms with van der Waals surface area (Å²) in [4.78, 5) is 0. The highest BCUT2D eigenvalue weighted by molar-refractivity contribution is 5.25. The zero-order valence-corrected chi connectivity index (χ0v) is 21.7. The molecule has 0 aromatic carbocycles. The minimum atomic E-state index is -0.576. The van der Waals surface area contributed by atoms with E-state index in [0.717, 1.165) is 25.9 Å². The van der Waals surface area contributed by atoms with Crippen molar-refractivity contribution in [2.45, 2.75) is 104 Å². The lowest BCUT2D eigenvalue weighted by Crippen LogP contribution is -2.66. The summed E-state index contributed by atoms with van der Waals surface area (Å²) in [5.41, 5.74) is 1.81.